The normalized spacial score (nSPS) is 16.0. The molecule has 1 unspecified atom stereocenters. The first-order valence-electron chi connectivity index (χ1n) is 11.1. The third-order valence-corrected chi connectivity index (χ3v) is 6.01. The maximum atomic E-state index is 4.90. The number of hydrogen-bond donors (Lipinski definition) is 4. The zero-order valence-electron chi connectivity index (χ0n) is 17.9. The van der Waals surface area contributed by atoms with E-state index in [-0.39, 0.29) is 0 Å². The highest BCUT2D eigenvalue weighted by atomic mass is 15.0. The summed E-state index contributed by atoms with van der Waals surface area (Å²) in [6.45, 7) is 4.51. The third-order valence-electron chi connectivity index (χ3n) is 6.01. The van der Waals surface area contributed by atoms with Crippen molar-refractivity contribution in [3.8, 4) is 0 Å². The van der Waals surface area contributed by atoms with Gasteiger partial charge >= 0.3 is 0 Å². The van der Waals surface area contributed by atoms with Crippen LogP contribution in [0.1, 0.15) is 52.8 Å². The van der Waals surface area contributed by atoms with Crippen LogP contribution in [0, 0.1) is 6.92 Å². The molecule has 0 spiro atoms. The lowest BCUT2D eigenvalue weighted by Gasteiger charge is -2.25. The van der Waals surface area contributed by atoms with Gasteiger partial charge in [-0.3, -0.25) is 4.98 Å². The summed E-state index contributed by atoms with van der Waals surface area (Å²) in [5, 5.41) is 7.20. The number of hydrogen-bond acceptors (Lipinski definition) is 5. The molecule has 7 nitrogen and oxygen atoms in total. The van der Waals surface area contributed by atoms with Crippen molar-refractivity contribution in [2.75, 3.05) is 6.54 Å². The van der Waals surface area contributed by atoms with Gasteiger partial charge in [0.05, 0.1) is 35.6 Å². The minimum Gasteiger partial charge on any atom is -0.348 e. The molecular weight excluding hydrogens is 386 g/mol. The number of pyridine rings is 1. The molecule has 0 amide bonds. The van der Waals surface area contributed by atoms with Crippen molar-refractivity contribution in [1.29, 1.82) is 0 Å². The fourth-order valence-corrected chi connectivity index (χ4v) is 4.44. The van der Waals surface area contributed by atoms with E-state index >= 15 is 0 Å². The standard InChI is InChI=1S/C24H29N7/c1-16-10-17-4-2-6-20(23(17)28-11-16)27-14-22-30-21-7-3-5-18(24(21)31-22)12-25-9-8-19-13-26-15-29-19/h3,5,7,10-11,13,15,20,25,27H,2,4,6,8-9,12,14H2,1H3,(H,26,29)(H,30,31). The number of H-pyrrole nitrogens is 2. The number of imidazole rings is 2. The van der Waals surface area contributed by atoms with Gasteiger partial charge in [0.1, 0.15) is 5.82 Å². The van der Waals surface area contributed by atoms with Gasteiger partial charge in [-0.25, -0.2) is 9.97 Å². The first-order valence-corrected chi connectivity index (χ1v) is 11.1. The van der Waals surface area contributed by atoms with Gasteiger partial charge in [-0.15, -0.1) is 0 Å². The number of nitrogens with one attached hydrogen (secondary N) is 4. The molecule has 31 heavy (non-hydrogen) atoms. The van der Waals surface area contributed by atoms with Gasteiger partial charge in [-0.05, 0) is 48.9 Å². The summed E-state index contributed by atoms with van der Waals surface area (Å²) in [7, 11) is 0. The third kappa shape index (κ3) is 4.52. The van der Waals surface area contributed by atoms with Crippen LogP contribution >= 0.6 is 0 Å². The summed E-state index contributed by atoms with van der Waals surface area (Å²) < 4.78 is 0. The van der Waals surface area contributed by atoms with Crippen molar-refractivity contribution < 1.29 is 0 Å². The topological polar surface area (TPSA) is 94.3 Å². The SMILES string of the molecule is Cc1cnc2c(c1)CCCC2NCc1nc2c(CNCCc3cnc[nH]3)cccc2[nH]1. The average molecular weight is 416 g/mol. The molecule has 1 atom stereocenters. The Labute approximate surface area is 182 Å². The number of benzene rings is 1. The van der Waals surface area contributed by atoms with Gasteiger partial charge < -0.3 is 20.6 Å². The monoisotopic (exact) mass is 415 g/mol. The van der Waals surface area contributed by atoms with Crippen molar-refractivity contribution in [2.24, 2.45) is 0 Å². The van der Waals surface area contributed by atoms with Crippen LogP contribution in [-0.2, 0) is 25.9 Å². The fourth-order valence-electron chi connectivity index (χ4n) is 4.44. The lowest BCUT2D eigenvalue weighted by molar-refractivity contribution is 0.443. The molecule has 4 N–H and O–H groups in total. The molecule has 0 aliphatic heterocycles. The van der Waals surface area contributed by atoms with E-state index in [0.717, 1.165) is 54.9 Å². The van der Waals surface area contributed by atoms with Crippen molar-refractivity contribution >= 4 is 11.0 Å². The number of rotatable bonds is 8. The second-order valence-electron chi connectivity index (χ2n) is 8.38. The molecule has 5 rings (SSSR count). The molecular formula is C24H29N7. The Morgan fingerprint density at radius 3 is 3.06 bits per heavy atom. The van der Waals surface area contributed by atoms with Crippen LogP contribution in [0.2, 0.25) is 0 Å². The van der Waals surface area contributed by atoms with Crippen LogP contribution in [0.15, 0.2) is 43.0 Å². The van der Waals surface area contributed by atoms with Crippen molar-refractivity contribution in [2.45, 2.75) is 51.7 Å². The van der Waals surface area contributed by atoms with Gasteiger partial charge in [0, 0.05) is 37.6 Å². The maximum absolute atomic E-state index is 4.90. The van der Waals surface area contributed by atoms with E-state index in [1.165, 1.54) is 28.8 Å². The molecule has 1 aliphatic carbocycles. The van der Waals surface area contributed by atoms with Crippen molar-refractivity contribution in [3.05, 3.63) is 76.9 Å². The quantitative estimate of drug-likeness (QED) is 0.331. The number of aryl methyl sites for hydroxylation is 2. The molecule has 160 valence electrons. The molecule has 3 aromatic heterocycles. The summed E-state index contributed by atoms with van der Waals surface area (Å²) in [5.41, 5.74) is 8.32. The zero-order chi connectivity index (χ0) is 21.0. The van der Waals surface area contributed by atoms with E-state index in [2.05, 4.69) is 56.8 Å². The van der Waals surface area contributed by atoms with E-state index in [1.807, 2.05) is 12.4 Å². The maximum Gasteiger partial charge on any atom is 0.121 e. The van der Waals surface area contributed by atoms with E-state index in [9.17, 15) is 0 Å². The summed E-state index contributed by atoms with van der Waals surface area (Å²) in [5.74, 6) is 0.971. The second-order valence-corrected chi connectivity index (χ2v) is 8.38. The lowest BCUT2D eigenvalue weighted by atomic mass is 9.91. The Kier molecular flexibility index (Phi) is 5.78. The predicted octanol–water partition coefficient (Wildman–Crippen LogP) is 3.49. The first kappa shape index (κ1) is 19.9. The highest BCUT2D eigenvalue weighted by molar-refractivity contribution is 5.78. The summed E-state index contributed by atoms with van der Waals surface area (Å²) in [4.78, 5) is 20.3. The molecule has 0 saturated heterocycles. The Morgan fingerprint density at radius 2 is 2.16 bits per heavy atom. The number of nitrogens with zero attached hydrogens (tertiary/aromatic N) is 3. The molecule has 0 saturated carbocycles. The smallest absolute Gasteiger partial charge is 0.121 e. The lowest BCUT2D eigenvalue weighted by Crippen LogP contribution is -2.26. The van der Waals surface area contributed by atoms with Gasteiger partial charge in [-0.2, -0.15) is 0 Å². The zero-order valence-corrected chi connectivity index (χ0v) is 17.9. The van der Waals surface area contributed by atoms with Crippen LogP contribution in [-0.4, -0.2) is 31.5 Å². The van der Waals surface area contributed by atoms with E-state index in [1.54, 1.807) is 6.33 Å². The minimum absolute atomic E-state index is 0.293. The molecule has 1 aliphatic rings. The number of aromatic nitrogens is 5. The largest absolute Gasteiger partial charge is 0.348 e. The molecule has 0 bridgehead atoms. The molecule has 1 aromatic carbocycles. The minimum atomic E-state index is 0.293. The summed E-state index contributed by atoms with van der Waals surface area (Å²) >= 11 is 0. The predicted molar refractivity (Wildman–Crippen MR) is 122 cm³/mol. The summed E-state index contributed by atoms with van der Waals surface area (Å²) in [6.07, 6.45) is 9.95. The number of fused-ring (bicyclic) bond motifs is 2. The fraction of sp³-hybridized carbons (Fsp3) is 0.375. The number of para-hydroxylation sites is 1. The molecule has 7 heteroatoms. The van der Waals surface area contributed by atoms with Crippen LogP contribution in [0.3, 0.4) is 0 Å². The first-order chi connectivity index (χ1) is 15.3. The van der Waals surface area contributed by atoms with E-state index in [0.29, 0.717) is 12.6 Å². The highest BCUT2D eigenvalue weighted by Gasteiger charge is 2.21. The van der Waals surface area contributed by atoms with Crippen LogP contribution in [0.5, 0.6) is 0 Å². The Balaban J connectivity index is 1.23. The van der Waals surface area contributed by atoms with Crippen LogP contribution < -0.4 is 10.6 Å². The van der Waals surface area contributed by atoms with Crippen molar-refractivity contribution in [1.82, 2.24) is 35.6 Å². The van der Waals surface area contributed by atoms with Gasteiger partial charge in [0.25, 0.3) is 0 Å². The summed E-state index contributed by atoms with van der Waals surface area (Å²) in [6, 6.07) is 8.91. The van der Waals surface area contributed by atoms with Gasteiger partial charge in [-0.1, -0.05) is 18.2 Å². The van der Waals surface area contributed by atoms with Crippen molar-refractivity contribution in [3.63, 3.8) is 0 Å². The van der Waals surface area contributed by atoms with Crippen LogP contribution in [0.25, 0.3) is 11.0 Å². The Hall–Kier alpha value is -3.03. The molecule has 3 heterocycles. The molecule has 0 radical (unpaired) electrons. The number of aromatic amines is 2. The Bertz CT molecular complexity index is 1150. The average Bonchev–Trinajstić information content (AvgIpc) is 3.45. The van der Waals surface area contributed by atoms with Gasteiger partial charge in [0.2, 0.25) is 0 Å². The van der Waals surface area contributed by atoms with Gasteiger partial charge in [0.15, 0.2) is 0 Å². The Morgan fingerprint density at radius 1 is 1.19 bits per heavy atom. The molecule has 4 aromatic rings. The second kappa shape index (κ2) is 8.99. The van der Waals surface area contributed by atoms with E-state index < -0.39 is 0 Å². The highest BCUT2D eigenvalue weighted by Crippen LogP contribution is 2.28. The van der Waals surface area contributed by atoms with Crippen LogP contribution in [0.4, 0.5) is 0 Å². The molecule has 0 fully saturated rings. The van der Waals surface area contributed by atoms with E-state index in [4.69, 9.17) is 9.97 Å².